The normalized spacial score (nSPS) is 20.8. The molecule has 3 rings (SSSR count). The van der Waals surface area contributed by atoms with E-state index in [-0.39, 0.29) is 18.2 Å². The van der Waals surface area contributed by atoms with Crippen molar-refractivity contribution >= 4 is 17.6 Å². The topological polar surface area (TPSA) is 80.5 Å². The van der Waals surface area contributed by atoms with Crippen LogP contribution in [0, 0.1) is 11.3 Å². The first kappa shape index (κ1) is 16.2. The first-order chi connectivity index (χ1) is 11.7. The fraction of sp³-hybridized carbons (Fsp3) is 0.529. The van der Waals surface area contributed by atoms with Crippen LogP contribution >= 0.6 is 0 Å². The highest BCUT2D eigenvalue weighted by atomic mass is 16.2. The second-order valence-corrected chi connectivity index (χ2v) is 6.08. The highest BCUT2D eigenvalue weighted by Gasteiger charge is 2.37. The molecule has 7 heteroatoms. The third-order valence-electron chi connectivity index (χ3n) is 4.65. The maximum Gasteiger partial charge on any atom is 0.245 e. The van der Waals surface area contributed by atoms with Gasteiger partial charge >= 0.3 is 0 Å². The molecule has 24 heavy (non-hydrogen) atoms. The molecule has 2 saturated heterocycles. The fourth-order valence-corrected chi connectivity index (χ4v) is 3.40. The Morgan fingerprint density at radius 3 is 2.67 bits per heavy atom. The van der Waals surface area contributed by atoms with Crippen LogP contribution in [0.15, 0.2) is 24.4 Å². The summed E-state index contributed by atoms with van der Waals surface area (Å²) in [5, 5.41) is 8.70. The van der Waals surface area contributed by atoms with Crippen molar-refractivity contribution in [3.05, 3.63) is 24.4 Å². The zero-order chi connectivity index (χ0) is 16.9. The van der Waals surface area contributed by atoms with E-state index in [1.54, 1.807) is 11.1 Å². The maximum absolute atomic E-state index is 12.8. The van der Waals surface area contributed by atoms with Crippen LogP contribution in [0.4, 0.5) is 5.82 Å². The number of carbonyl (C=O) groups is 2. The van der Waals surface area contributed by atoms with E-state index in [0.29, 0.717) is 26.1 Å². The summed E-state index contributed by atoms with van der Waals surface area (Å²) in [6, 6.07) is 7.29. The van der Waals surface area contributed by atoms with Gasteiger partial charge in [-0.3, -0.25) is 9.59 Å². The molecule has 1 aromatic heterocycles. The van der Waals surface area contributed by atoms with Gasteiger partial charge in [0.15, 0.2) is 0 Å². The Kier molecular flexibility index (Phi) is 4.94. The van der Waals surface area contributed by atoms with E-state index in [2.05, 4.69) is 9.88 Å². The van der Waals surface area contributed by atoms with Crippen molar-refractivity contribution in [1.29, 1.82) is 5.26 Å². The van der Waals surface area contributed by atoms with Crippen molar-refractivity contribution in [2.24, 2.45) is 0 Å². The number of likely N-dealkylation sites (tertiary alicyclic amines) is 1. The molecular formula is C17H21N5O2. The summed E-state index contributed by atoms with van der Waals surface area (Å²) in [7, 11) is 0. The molecular weight excluding hydrogens is 306 g/mol. The maximum atomic E-state index is 12.8. The number of rotatable bonds is 3. The van der Waals surface area contributed by atoms with Crippen LogP contribution in [0.1, 0.15) is 19.3 Å². The summed E-state index contributed by atoms with van der Waals surface area (Å²) in [6.45, 7) is 3.31. The molecule has 7 nitrogen and oxygen atoms in total. The number of carbonyl (C=O) groups excluding carboxylic acids is 2. The molecule has 2 aliphatic heterocycles. The monoisotopic (exact) mass is 327 g/mol. The Morgan fingerprint density at radius 1 is 1.21 bits per heavy atom. The van der Waals surface area contributed by atoms with Gasteiger partial charge in [-0.05, 0) is 25.0 Å². The lowest BCUT2D eigenvalue weighted by Gasteiger charge is -2.37. The summed E-state index contributed by atoms with van der Waals surface area (Å²) in [5.74, 6) is 0.705. The van der Waals surface area contributed by atoms with Crippen molar-refractivity contribution < 1.29 is 9.59 Å². The van der Waals surface area contributed by atoms with Gasteiger partial charge in [-0.2, -0.15) is 5.26 Å². The number of hydrogen-bond donors (Lipinski definition) is 0. The highest BCUT2D eigenvalue weighted by molar-refractivity contribution is 5.89. The smallest absolute Gasteiger partial charge is 0.245 e. The van der Waals surface area contributed by atoms with Gasteiger partial charge in [0.25, 0.3) is 0 Å². The van der Waals surface area contributed by atoms with Gasteiger partial charge in [-0.15, -0.1) is 0 Å². The molecule has 0 spiro atoms. The average Bonchev–Trinajstić information content (AvgIpc) is 3.12. The van der Waals surface area contributed by atoms with E-state index >= 15 is 0 Å². The van der Waals surface area contributed by atoms with Gasteiger partial charge in [-0.1, -0.05) is 6.07 Å². The molecule has 1 atom stereocenters. The summed E-state index contributed by atoms with van der Waals surface area (Å²) in [5.41, 5.74) is 0. The van der Waals surface area contributed by atoms with Crippen LogP contribution < -0.4 is 4.90 Å². The minimum Gasteiger partial charge on any atom is -0.353 e. The van der Waals surface area contributed by atoms with E-state index in [0.717, 1.165) is 25.3 Å². The molecule has 3 heterocycles. The van der Waals surface area contributed by atoms with Gasteiger partial charge in [0.05, 0.1) is 6.07 Å². The number of pyridine rings is 1. The molecule has 0 N–H and O–H groups in total. The molecule has 1 aromatic rings. The first-order valence-corrected chi connectivity index (χ1v) is 8.32. The van der Waals surface area contributed by atoms with Gasteiger partial charge in [0.1, 0.15) is 18.3 Å². The van der Waals surface area contributed by atoms with E-state index < -0.39 is 6.04 Å². The Labute approximate surface area is 141 Å². The van der Waals surface area contributed by atoms with Gasteiger partial charge in [-0.25, -0.2) is 4.98 Å². The fourth-order valence-electron chi connectivity index (χ4n) is 3.40. The van der Waals surface area contributed by atoms with E-state index in [1.807, 2.05) is 29.2 Å². The Morgan fingerprint density at radius 2 is 2.00 bits per heavy atom. The first-order valence-electron chi connectivity index (χ1n) is 8.32. The minimum atomic E-state index is -0.396. The van der Waals surface area contributed by atoms with Crippen molar-refractivity contribution in [3.8, 4) is 6.07 Å². The molecule has 2 amide bonds. The zero-order valence-electron chi connectivity index (χ0n) is 13.6. The minimum absolute atomic E-state index is 0.0134. The van der Waals surface area contributed by atoms with Crippen LogP contribution in [-0.4, -0.2) is 65.4 Å². The molecule has 0 aromatic carbocycles. The van der Waals surface area contributed by atoms with E-state index in [4.69, 9.17) is 5.26 Å². The summed E-state index contributed by atoms with van der Waals surface area (Å²) in [6.07, 6.45) is 3.12. The van der Waals surface area contributed by atoms with Crippen molar-refractivity contribution in [2.75, 3.05) is 37.6 Å². The number of anilines is 1. The second-order valence-electron chi connectivity index (χ2n) is 6.08. The molecule has 0 radical (unpaired) electrons. The van der Waals surface area contributed by atoms with Gasteiger partial charge in [0.2, 0.25) is 11.8 Å². The Hall–Kier alpha value is -2.62. The summed E-state index contributed by atoms with van der Waals surface area (Å²) in [4.78, 5) is 34.7. The molecule has 0 bridgehead atoms. The van der Waals surface area contributed by atoms with Crippen molar-refractivity contribution in [1.82, 2.24) is 14.8 Å². The molecule has 0 saturated carbocycles. The lowest BCUT2D eigenvalue weighted by Crippen LogP contribution is -2.54. The summed E-state index contributed by atoms with van der Waals surface area (Å²) >= 11 is 0. The lowest BCUT2D eigenvalue weighted by atomic mass is 10.1. The van der Waals surface area contributed by atoms with Crippen LogP contribution in [0.2, 0.25) is 0 Å². The third-order valence-corrected chi connectivity index (χ3v) is 4.65. The number of amides is 2. The van der Waals surface area contributed by atoms with Gasteiger partial charge < -0.3 is 14.7 Å². The molecule has 1 unspecified atom stereocenters. The Bertz CT molecular complexity index is 634. The number of hydrogen-bond acceptors (Lipinski definition) is 5. The zero-order valence-corrected chi connectivity index (χ0v) is 13.6. The third kappa shape index (κ3) is 3.32. The molecule has 126 valence electrons. The SMILES string of the molecule is N#CCC(=O)N1CCCC1C(=O)N1CCN(c2ccccn2)CC1. The Balaban J connectivity index is 1.59. The number of aromatic nitrogens is 1. The van der Waals surface area contributed by atoms with Crippen molar-refractivity contribution in [2.45, 2.75) is 25.3 Å². The largest absolute Gasteiger partial charge is 0.353 e. The van der Waals surface area contributed by atoms with Crippen LogP contribution in [0.3, 0.4) is 0 Å². The highest BCUT2D eigenvalue weighted by Crippen LogP contribution is 2.21. The molecule has 2 aliphatic rings. The number of nitriles is 1. The average molecular weight is 327 g/mol. The molecule has 0 aliphatic carbocycles. The van der Waals surface area contributed by atoms with Crippen molar-refractivity contribution in [3.63, 3.8) is 0 Å². The summed E-state index contributed by atoms with van der Waals surface area (Å²) < 4.78 is 0. The molecule has 2 fully saturated rings. The number of nitrogens with zero attached hydrogens (tertiary/aromatic N) is 5. The van der Waals surface area contributed by atoms with Crippen LogP contribution in [0.25, 0.3) is 0 Å². The van der Waals surface area contributed by atoms with Crippen LogP contribution in [0.5, 0.6) is 0 Å². The van der Waals surface area contributed by atoms with Crippen LogP contribution in [-0.2, 0) is 9.59 Å². The predicted octanol–water partition coefficient (Wildman–Crippen LogP) is 0.635. The predicted molar refractivity (Wildman–Crippen MR) is 88.0 cm³/mol. The lowest BCUT2D eigenvalue weighted by molar-refractivity contribution is -0.143. The number of piperazine rings is 1. The second kappa shape index (κ2) is 7.30. The van der Waals surface area contributed by atoms with Gasteiger partial charge in [0, 0.05) is 38.9 Å². The van der Waals surface area contributed by atoms with E-state index in [9.17, 15) is 9.59 Å². The quantitative estimate of drug-likeness (QED) is 0.814. The standard InChI is InChI=1S/C17H21N5O2/c18-7-6-16(23)22-9-3-4-14(22)17(24)21-12-10-20(11-13-21)15-5-1-2-8-19-15/h1-2,5,8,14H,3-4,6,9-13H2. The van der Waals surface area contributed by atoms with E-state index in [1.165, 1.54) is 0 Å².